The minimum absolute atomic E-state index is 0.0837. The maximum atomic E-state index is 13.8. The number of sulfone groups is 1. The summed E-state index contributed by atoms with van der Waals surface area (Å²) in [4.78, 5) is 4.61. The molecule has 1 heterocycles. The highest BCUT2D eigenvalue weighted by atomic mass is 32.2. The third-order valence-electron chi connectivity index (χ3n) is 3.42. The van der Waals surface area contributed by atoms with Crippen molar-refractivity contribution in [1.82, 2.24) is 9.88 Å². The Labute approximate surface area is 122 Å². The lowest BCUT2D eigenvalue weighted by molar-refractivity contribution is 0.358. The molecule has 0 amide bonds. The van der Waals surface area contributed by atoms with Gasteiger partial charge in [-0.05, 0) is 31.2 Å². The van der Waals surface area contributed by atoms with E-state index in [-0.39, 0.29) is 16.7 Å². The molecule has 0 aliphatic carbocycles. The second kappa shape index (κ2) is 6.11. The van der Waals surface area contributed by atoms with E-state index in [0.29, 0.717) is 25.1 Å². The molecule has 0 saturated carbocycles. The number of nitrogens with one attached hydrogen (secondary N) is 1. The molecule has 0 aliphatic rings. The highest BCUT2D eigenvalue weighted by molar-refractivity contribution is 7.90. The molecule has 2 rings (SSSR count). The molecule has 0 spiro atoms. The molecule has 2 aromatic rings. The number of aromatic amines is 1. The number of hydrogen-bond donors (Lipinski definition) is 1. The summed E-state index contributed by atoms with van der Waals surface area (Å²) in [6.45, 7) is 0.983. The van der Waals surface area contributed by atoms with E-state index in [0.717, 1.165) is 12.1 Å². The number of rotatable bonds is 6. The maximum absolute atomic E-state index is 13.8. The SMILES string of the molecule is CN(CCc1c[nH]c2c(F)ccc(F)c12)CCS(C)(=O)=O. The van der Waals surface area contributed by atoms with Crippen molar-refractivity contribution < 1.29 is 17.2 Å². The van der Waals surface area contributed by atoms with Crippen LogP contribution in [0.2, 0.25) is 0 Å². The molecule has 1 aromatic carbocycles. The minimum Gasteiger partial charge on any atom is -0.358 e. The maximum Gasteiger partial charge on any atom is 0.148 e. The summed E-state index contributed by atoms with van der Waals surface area (Å²) in [5, 5.41) is 0.270. The third-order valence-corrected chi connectivity index (χ3v) is 4.35. The number of fused-ring (bicyclic) bond motifs is 1. The molecule has 1 N–H and O–H groups in total. The number of hydrogen-bond acceptors (Lipinski definition) is 3. The average Bonchev–Trinajstić information content (AvgIpc) is 2.83. The van der Waals surface area contributed by atoms with Gasteiger partial charge in [0.05, 0.1) is 11.3 Å². The molecule has 1 aromatic heterocycles. The van der Waals surface area contributed by atoms with Crippen molar-refractivity contribution in [3.8, 4) is 0 Å². The van der Waals surface area contributed by atoms with Crippen molar-refractivity contribution in [2.45, 2.75) is 6.42 Å². The lowest BCUT2D eigenvalue weighted by Gasteiger charge is -2.15. The molecule has 116 valence electrons. The van der Waals surface area contributed by atoms with Crippen molar-refractivity contribution in [2.24, 2.45) is 0 Å². The van der Waals surface area contributed by atoms with Crippen LogP contribution in [0.5, 0.6) is 0 Å². The van der Waals surface area contributed by atoms with Gasteiger partial charge in [-0.25, -0.2) is 17.2 Å². The fourth-order valence-electron chi connectivity index (χ4n) is 2.18. The summed E-state index contributed by atoms with van der Waals surface area (Å²) in [7, 11) is -1.19. The molecule has 0 bridgehead atoms. The number of halogens is 2. The van der Waals surface area contributed by atoms with E-state index in [1.54, 1.807) is 13.2 Å². The lowest BCUT2D eigenvalue weighted by atomic mass is 10.1. The number of aromatic nitrogens is 1. The van der Waals surface area contributed by atoms with Crippen molar-refractivity contribution in [2.75, 3.05) is 32.1 Å². The van der Waals surface area contributed by atoms with Gasteiger partial charge < -0.3 is 9.88 Å². The summed E-state index contributed by atoms with van der Waals surface area (Å²) in [5.41, 5.74) is 0.858. The van der Waals surface area contributed by atoms with Gasteiger partial charge in [-0.1, -0.05) is 0 Å². The molecule has 0 radical (unpaired) electrons. The molecular formula is C14H18F2N2O2S. The monoisotopic (exact) mass is 316 g/mol. The predicted octanol–water partition coefficient (Wildman–Crippen LogP) is 1.97. The minimum atomic E-state index is -3.00. The van der Waals surface area contributed by atoms with Gasteiger partial charge >= 0.3 is 0 Å². The van der Waals surface area contributed by atoms with Crippen molar-refractivity contribution >= 4 is 20.7 Å². The fourth-order valence-corrected chi connectivity index (χ4v) is 2.82. The Balaban J connectivity index is 2.06. The summed E-state index contributed by atoms with van der Waals surface area (Å²) >= 11 is 0. The largest absolute Gasteiger partial charge is 0.358 e. The second-order valence-electron chi connectivity index (χ2n) is 5.28. The van der Waals surface area contributed by atoms with Crippen LogP contribution in [0.3, 0.4) is 0 Å². The molecule has 0 unspecified atom stereocenters. The summed E-state index contributed by atoms with van der Waals surface area (Å²) in [6, 6.07) is 2.21. The summed E-state index contributed by atoms with van der Waals surface area (Å²) in [6.07, 6.45) is 3.31. The van der Waals surface area contributed by atoms with Gasteiger partial charge in [0.25, 0.3) is 0 Å². The zero-order chi connectivity index (χ0) is 15.6. The standard InChI is InChI=1S/C14H18F2N2O2S/c1-18(7-8-21(2,19)20)6-5-10-9-17-14-12(16)4-3-11(15)13(10)14/h3-4,9,17H,5-8H2,1-2H3. The van der Waals surface area contributed by atoms with E-state index in [9.17, 15) is 17.2 Å². The molecule has 0 saturated heterocycles. The molecule has 0 atom stereocenters. The Morgan fingerprint density at radius 1 is 1.19 bits per heavy atom. The first-order chi connectivity index (χ1) is 9.78. The van der Waals surface area contributed by atoms with Gasteiger partial charge in [0.1, 0.15) is 21.5 Å². The first-order valence-electron chi connectivity index (χ1n) is 6.58. The predicted molar refractivity (Wildman–Crippen MR) is 79.1 cm³/mol. The Morgan fingerprint density at radius 2 is 1.86 bits per heavy atom. The first-order valence-corrected chi connectivity index (χ1v) is 8.64. The van der Waals surface area contributed by atoms with Crippen molar-refractivity contribution in [3.05, 3.63) is 35.5 Å². The van der Waals surface area contributed by atoms with Gasteiger partial charge in [-0.15, -0.1) is 0 Å². The topological polar surface area (TPSA) is 53.2 Å². The number of H-pyrrole nitrogens is 1. The van der Waals surface area contributed by atoms with Gasteiger partial charge in [0.15, 0.2) is 0 Å². The Bertz CT molecular complexity index is 741. The van der Waals surface area contributed by atoms with Crippen LogP contribution in [0.4, 0.5) is 8.78 Å². The van der Waals surface area contributed by atoms with Crippen LogP contribution in [-0.4, -0.2) is 50.4 Å². The number of benzene rings is 1. The summed E-state index contributed by atoms with van der Waals surface area (Å²) < 4.78 is 49.6. The average molecular weight is 316 g/mol. The van der Waals surface area contributed by atoms with E-state index in [1.165, 1.54) is 6.26 Å². The lowest BCUT2D eigenvalue weighted by Crippen LogP contribution is -2.27. The first kappa shape index (κ1) is 15.9. The van der Waals surface area contributed by atoms with Crippen LogP contribution < -0.4 is 0 Å². The quantitative estimate of drug-likeness (QED) is 0.886. The van der Waals surface area contributed by atoms with Crippen molar-refractivity contribution in [1.29, 1.82) is 0 Å². The van der Waals surface area contributed by atoms with E-state index in [2.05, 4.69) is 4.98 Å². The van der Waals surface area contributed by atoms with Crippen LogP contribution in [0.15, 0.2) is 18.3 Å². The van der Waals surface area contributed by atoms with Crippen LogP contribution in [0.1, 0.15) is 5.56 Å². The van der Waals surface area contributed by atoms with E-state index in [1.807, 2.05) is 4.90 Å². The Morgan fingerprint density at radius 3 is 2.52 bits per heavy atom. The molecule has 0 aliphatic heterocycles. The van der Waals surface area contributed by atoms with E-state index in [4.69, 9.17) is 0 Å². The van der Waals surface area contributed by atoms with Gasteiger partial charge in [-0.2, -0.15) is 0 Å². The second-order valence-corrected chi connectivity index (χ2v) is 7.54. The van der Waals surface area contributed by atoms with Crippen LogP contribution >= 0.6 is 0 Å². The highest BCUT2D eigenvalue weighted by Gasteiger charge is 2.13. The van der Waals surface area contributed by atoms with Crippen molar-refractivity contribution in [3.63, 3.8) is 0 Å². The number of nitrogens with zero attached hydrogens (tertiary/aromatic N) is 1. The van der Waals surface area contributed by atoms with Gasteiger partial charge in [0, 0.05) is 30.9 Å². The molecule has 21 heavy (non-hydrogen) atoms. The normalized spacial score (nSPS) is 12.4. The summed E-state index contributed by atoms with van der Waals surface area (Å²) in [5.74, 6) is -0.857. The van der Waals surface area contributed by atoms with E-state index < -0.39 is 21.5 Å². The number of likely N-dealkylation sites (N-methyl/N-ethyl adjacent to an activating group) is 1. The fraction of sp³-hybridized carbons (Fsp3) is 0.429. The third kappa shape index (κ3) is 4.01. The molecular weight excluding hydrogens is 298 g/mol. The van der Waals surface area contributed by atoms with Crippen LogP contribution in [0, 0.1) is 11.6 Å². The Hall–Kier alpha value is -1.47. The zero-order valence-electron chi connectivity index (χ0n) is 12.0. The molecule has 0 fully saturated rings. The highest BCUT2D eigenvalue weighted by Crippen LogP contribution is 2.24. The zero-order valence-corrected chi connectivity index (χ0v) is 12.8. The van der Waals surface area contributed by atoms with Crippen LogP contribution in [-0.2, 0) is 16.3 Å². The van der Waals surface area contributed by atoms with Gasteiger partial charge in [-0.3, -0.25) is 0 Å². The Kier molecular flexibility index (Phi) is 4.63. The van der Waals surface area contributed by atoms with Crippen LogP contribution in [0.25, 0.3) is 10.9 Å². The van der Waals surface area contributed by atoms with E-state index >= 15 is 0 Å². The molecule has 4 nitrogen and oxygen atoms in total. The van der Waals surface area contributed by atoms with Gasteiger partial charge in [0.2, 0.25) is 0 Å². The molecule has 7 heteroatoms. The smallest absolute Gasteiger partial charge is 0.148 e.